The van der Waals surface area contributed by atoms with E-state index in [-0.39, 0.29) is 5.91 Å². The number of hydrazone groups is 1. The quantitative estimate of drug-likeness (QED) is 0.629. The van der Waals surface area contributed by atoms with E-state index in [1.165, 1.54) is 24.0 Å². The van der Waals surface area contributed by atoms with Gasteiger partial charge in [0.05, 0.1) is 22.7 Å². The molecule has 3 rings (SSSR count). The van der Waals surface area contributed by atoms with Crippen LogP contribution in [-0.4, -0.2) is 12.1 Å². The summed E-state index contributed by atoms with van der Waals surface area (Å²) in [6, 6.07) is 11.4. The van der Waals surface area contributed by atoms with Crippen LogP contribution in [0.5, 0.6) is 0 Å². The van der Waals surface area contributed by atoms with E-state index in [9.17, 15) is 4.79 Å². The Morgan fingerprint density at radius 3 is 2.79 bits per heavy atom. The Labute approximate surface area is 151 Å². The Balaban J connectivity index is 1.62. The van der Waals surface area contributed by atoms with E-state index in [0.717, 1.165) is 24.0 Å². The number of nitrogens with zero attached hydrogens (tertiary/aromatic N) is 1. The van der Waals surface area contributed by atoms with Crippen molar-refractivity contribution < 1.29 is 4.79 Å². The van der Waals surface area contributed by atoms with Gasteiger partial charge in [0.15, 0.2) is 0 Å². The van der Waals surface area contributed by atoms with Gasteiger partial charge in [0.25, 0.3) is 0 Å². The van der Waals surface area contributed by atoms with Crippen LogP contribution in [0, 0.1) is 0 Å². The van der Waals surface area contributed by atoms with Gasteiger partial charge in [0.1, 0.15) is 0 Å². The number of benzene rings is 2. The fourth-order valence-electron chi connectivity index (χ4n) is 3.01. The molecule has 0 atom stereocenters. The average Bonchev–Trinajstić information content (AvgIpc) is 2.58. The van der Waals surface area contributed by atoms with Crippen molar-refractivity contribution in [3.05, 3.63) is 68.7 Å². The van der Waals surface area contributed by atoms with Crippen LogP contribution >= 0.6 is 23.2 Å². The number of hydrogen-bond acceptors (Lipinski definition) is 2. The lowest BCUT2D eigenvalue weighted by atomic mass is 9.87. The number of rotatable bonds is 4. The van der Waals surface area contributed by atoms with Crippen LogP contribution in [0.4, 0.5) is 0 Å². The van der Waals surface area contributed by atoms with Gasteiger partial charge < -0.3 is 0 Å². The molecule has 0 fully saturated rings. The second-order valence-electron chi connectivity index (χ2n) is 5.91. The minimum absolute atomic E-state index is 0.120. The fourth-order valence-corrected chi connectivity index (χ4v) is 3.32. The molecule has 1 aliphatic carbocycles. The van der Waals surface area contributed by atoms with E-state index in [0.29, 0.717) is 16.5 Å². The molecule has 2 aromatic rings. The number of carbonyl (C=O) groups excluding carboxylic acids is 1. The summed E-state index contributed by atoms with van der Waals surface area (Å²) >= 11 is 11.8. The number of nitrogens with one attached hydrogen (secondary N) is 1. The molecule has 5 heteroatoms. The number of amides is 1. The van der Waals surface area contributed by atoms with Crippen LogP contribution in [0.2, 0.25) is 10.0 Å². The van der Waals surface area contributed by atoms with Crippen LogP contribution in [0.1, 0.15) is 35.1 Å². The molecule has 0 radical (unpaired) electrons. The molecule has 1 N–H and O–H groups in total. The number of aryl methyl sites for hydroxylation is 1. The maximum absolute atomic E-state index is 12.1. The van der Waals surface area contributed by atoms with Crippen molar-refractivity contribution in [3.63, 3.8) is 0 Å². The highest BCUT2D eigenvalue weighted by Crippen LogP contribution is 2.25. The van der Waals surface area contributed by atoms with Crippen LogP contribution in [-0.2, 0) is 24.1 Å². The molecule has 1 aliphatic rings. The minimum Gasteiger partial charge on any atom is -0.273 e. The molecule has 0 heterocycles. The molecule has 0 bridgehead atoms. The van der Waals surface area contributed by atoms with Crippen molar-refractivity contribution >= 4 is 35.3 Å². The predicted octanol–water partition coefficient (Wildman–Crippen LogP) is 4.57. The Bertz CT molecular complexity index is 787. The molecule has 0 aromatic heterocycles. The van der Waals surface area contributed by atoms with Gasteiger partial charge in [0.2, 0.25) is 5.91 Å². The third-order valence-electron chi connectivity index (χ3n) is 4.19. The highest BCUT2D eigenvalue weighted by Gasteiger charge is 2.14. The van der Waals surface area contributed by atoms with Gasteiger partial charge in [0, 0.05) is 0 Å². The summed E-state index contributed by atoms with van der Waals surface area (Å²) in [5, 5.41) is 4.95. The summed E-state index contributed by atoms with van der Waals surface area (Å²) in [5.74, 6) is -0.120. The lowest BCUT2D eigenvalue weighted by molar-refractivity contribution is -0.120. The molecular formula is C19H18Cl2N2O. The van der Waals surface area contributed by atoms with Crippen molar-refractivity contribution in [2.75, 3.05) is 0 Å². The zero-order valence-electron chi connectivity index (χ0n) is 13.2. The largest absolute Gasteiger partial charge is 0.273 e. The molecule has 124 valence electrons. The maximum Gasteiger partial charge on any atom is 0.244 e. The van der Waals surface area contributed by atoms with E-state index in [2.05, 4.69) is 16.6 Å². The molecule has 0 aliphatic heterocycles. The minimum atomic E-state index is -0.120. The van der Waals surface area contributed by atoms with E-state index >= 15 is 0 Å². The van der Waals surface area contributed by atoms with E-state index in [4.69, 9.17) is 23.2 Å². The standard InChI is InChI=1S/C19H18Cl2N2O/c20-17-9-8-13(10-18(17)21)12-22-23-19(24)11-15-6-3-5-14-4-1-2-7-16(14)15/h3,5-6,8-10,12H,1-2,4,7,11H2,(H,23,24)/b22-12+. The maximum atomic E-state index is 12.1. The number of fused-ring (bicyclic) bond motifs is 1. The lowest BCUT2D eigenvalue weighted by Crippen LogP contribution is -2.21. The molecular weight excluding hydrogens is 343 g/mol. The first-order valence-electron chi connectivity index (χ1n) is 8.00. The number of carbonyl (C=O) groups is 1. The smallest absolute Gasteiger partial charge is 0.244 e. The summed E-state index contributed by atoms with van der Waals surface area (Å²) in [5.41, 5.74) is 7.18. The first-order chi connectivity index (χ1) is 11.6. The van der Waals surface area contributed by atoms with Crippen LogP contribution < -0.4 is 5.43 Å². The van der Waals surface area contributed by atoms with Crippen molar-refractivity contribution in [1.29, 1.82) is 0 Å². The molecule has 3 nitrogen and oxygen atoms in total. The topological polar surface area (TPSA) is 41.5 Å². The highest BCUT2D eigenvalue weighted by molar-refractivity contribution is 6.42. The Hall–Kier alpha value is -1.84. The third kappa shape index (κ3) is 4.16. The van der Waals surface area contributed by atoms with Crippen molar-refractivity contribution in [2.24, 2.45) is 5.10 Å². The van der Waals surface area contributed by atoms with Gasteiger partial charge >= 0.3 is 0 Å². The van der Waals surface area contributed by atoms with Crippen LogP contribution in [0.3, 0.4) is 0 Å². The first kappa shape index (κ1) is 17.0. The van der Waals surface area contributed by atoms with Gasteiger partial charge in [-0.3, -0.25) is 4.79 Å². The highest BCUT2D eigenvalue weighted by atomic mass is 35.5. The SMILES string of the molecule is O=C(Cc1cccc2c1CCCC2)N/N=C/c1ccc(Cl)c(Cl)c1. The Kier molecular flexibility index (Phi) is 5.54. The van der Waals surface area contributed by atoms with Crippen molar-refractivity contribution in [1.82, 2.24) is 5.43 Å². The average molecular weight is 361 g/mol. The Morgan fingerprint density at radius 2 is 1.96 bits per heavy atom. The molecule has 0 spiro atoms. The zero-order chi connectivity index (χ0) is 16.9. The van der Waals surface area contributed by atoms with Gasteiger partial charge in [-0.05, 0) is 60.1 Å². The van der Waals surface area contributed by atoms with Gasteiger partial charge in [-0.1, -0.05) is 47.5 Å². The molecule has 0 saturated heterocycles. The summed E-state index contributed by atoms with van der Waals surface area (Å²) in [6.45, 7) is 0. The fraction of sp³-hybridized carbons (Fsp3) is 0.263. The predicted molar refractivity (Wildman–Crippen MR) is 99.0 cm³/mol. The monoisotopic (exact) mass is 360 g/mol. The summed E-state index contributed by atoms with van der Waals surface area (Å²) < 4.78 is 0. The normalized spacial score (nSPS) is 13.8. The second kappa shape index (κ2) is 7.82. The molecule has 0 saturated carbocycles. The van der Waals surface area contributed by atoms with Gasteiger partial charge in [-0.2, -0.15) is 5.10 Å². The number of halogens is 2. The molecule has 1 amide bonds. The Morgan fingerprint density at radius 1 is 1.12 bits per heavy atom. The molecule has 24 heavy (non-hydrogen) atoms. The van der Waals surface area contributed by atoms with Crippen LogP contribution in [0.25, 0.3) is 0 Å². The molecule has 0 unspecified atom stereocenters. The first-order valence-corrected chi connectivity index (χ1v) is 8.75. The third-order valence-corrected chi connectivity index (χ3v) is 4.93. The van der Waals surface area contributed by atoms with E-state index < -0.39 is 0 Å². The second-order valence-corrected chi connectivity index (χ2v) is 6.72. The summed E-state index contributed by atoms with van der Waals surface area (Å²) in [4.78, 5) is 12.1. The summed E-state index contributed by atoms with van der Waals surface area (Å²) in [7, 11) is 0. The van der Waals surface area contributed by atoms with Crippen molar-refractivity contribution in [3.8, 4) is 0 Å². The van der Waals surface area contributed by atoms with Crippen LogP contribution in [0.15, 0.2) is 41.5 Å². The summed E-state index contributed by atoms with van der Waals surface area (Å²) in [6.07, 6.45) is 6.51. The number of hydrogen-bond donors (Lipinski definition) is 1. The van der Waals surface area contributed by atoms with E-state index in [1.807, 2.05) is 12.1 Å². The zero-order valence-corrected chi connectivity index (χ0v) is 14.7. The van der Waals surface area contributed by atoms with Gasteiger partial charge in [-0.15, -0.1) is 0 Å². The van der Waals surface area contributed by atoms with Crippen molar-refractivity contribution in [2.45, 2.75) is 32.1 Å². The molecule has 2 aromatic carbocycles. The van der Waals surface area contributed by atoms with E-state index in [1.54, 1.807) is 24.4 Å². The van der Waals surface area contributed by atoms with Gasteiger partial charge in [-0.25, -0.2) is 5.43 Å². The lowest BCUT2D eigenvalue weighted by Gasteiger charge is -2.18.